The van der Waals surface area contributed by atoms with Crippen LogP contribution < -0.4 is 15.7 Å². The summed E-state index contributed by atoms with van der Waals surface area (Å²) >= 11 is 0. The fourth-order valence-corrected chi connectivity index (χ4v) is 1.63. The summed E-state index contributed by atoms with van der Waals surface area (Å²) < 4.78 is 0. The number of hydroxylamine groups is 1. The molecule has 8 nitrogen and oxygen atoms in total. The fraction of sp³-hybridized carbons (Fsp3) is 0.600. The van der Waals surface area contributed by atoms with Crippen molar-refractivity contribution in [1.29, 1.82) is 0 Å². The van der Waals surface area contributed by atoms with Crippen LogP contribution in [0.25, 0.3) is 0 Å². The predicted molar refractivity (Wildman–Crippen MR) is 63.9 cm³/mol. The minimum atomic E-state index is -0.912. The topological polar surface area (TPSA) is 118 Å². The fourth-order valence-electron chi connectivity index (χ4n) is 1.63. The molecule has 2 rings (SSSR count). The van der Waals surface area contributed by atoms with Gasteiger partial charge in [0.25, 0.3) is 0 Å². The first-order valence-electron chi connectivity index (χ1n) is 5.68. The first-order chi connectivity index (χ1) is 8.58. The summed E-state index contributed by atoms with van der Waals surface area (Å²) in [5, 5.41) is 35.7. The molecule has 0 spiro atoms. The summed E-state index contributed by atoms with van der Waals surface area (Å²) in [5.74, 6) is 0.624. The van der Waals surface area contributed by atoms with Gasteiger partial charge in [0.05, 0.1) is 24.3 Å². The number of nitrogens with zero attached hydrogens (tertiary/aromatic N) is 2. The monoisotopic (exact) mass is 255 g/mol. The lowest BCUT2D eigenvalue weighted by Gasteiger charge is -2.29. The van der Waals surface area contributed by atoms with Gasteiger partial charge in [-0.25, -0.2) is 4.98 Å². The smallest absolute Gasteiger partial charge is 0.236 e. The highest BCUT2D eigenvalue weighted by Gasteiger charge is 2.25. The van der Waals surface area contributed by atoms with Crippen molar-refractivity contribution < 1.29 is 15.3 Å². The summed E-state index contributed by atoms with van der Waals surface area (Å²) in [4.78, 5) is 8.21. The molecule has 1 atom stereocenters. The first-order valence-corrected chi connectivity index (χ1v) is 5.68. The molecule has 5 N–H and O–H groups in total. The van der Waals surface area contributed by atoms with Crippen molar-refractivity contribution in [2.24, 2.45) is 0 Å². The van der Waals surface area contributed by atoms with Crippen molar-refractivity contribution in [3.8, 4) is 0 Å². The van der Waals surface area contributed by atoms with Crippen molar-refractivity contribution in [1.82, 2.24) is 15.3 Å². The molecule has 0 radical (unpaired) electrons. The van der Waals surface area contributed by atoms with Gasteiger partial charge < -0.3 is 25.8 Å². The standard InChI is InChI=1S/C10H17N5O3/c1-10(4-16,5-17)14-9-12-3-7-2-11-6-15(18)8(7)13-9/h3,11,15-17H,2,4-6H2,1H3,(H,12,13,14). The lowest BCUT2D eigenvalue weighted by Crippen LogP contribution is -3.05. The van der Waals surface area contributed by atoms with Crippen LogP contribution in [0.1, 0.15) is 12.5 Å². The molecular formula is C10H17N5O3. The van der Waals surface area contributed by atoms with E-state index in [4.69, 9.17) is 0 Å². The lowest BCUT2D eigenvalue weighted by atomic mass is 10.1. The number of aliphatic hydroxyl groups is 2. The average Bonchev–Trinajstić information content (AvgIpc) is 2.39. The maximum absolute atomic E-state index is 11.7. The van der Waals surface area contributed by atoms with Gasteiger partial charge in [-0.15, -0.1) is 0 Å². The van der Waals surface area contributed by atoms with E-state index >= 15 is 0 Å². The highest BCUT2D eigenvalue weighted by Crippen LogP contribution is 2.15. The molecule has 0 fully saturated rings. The lowest BCUT2D eigenvalue weighted by molar-refractivity contribution is -0.786. The van der Waals surface area contributed by atoms with E-state index in [9.17, 15) is 15.4 Å². The normalized spacial score (nSPS) is 19.4. The Hall–Kier alpha value is -1.32. The zero-order valence-corrected chi connectivity index (χ0v) is 10.1. The summed E-state index contributed by atoms with van der Waals surface area (Å²) in [6.45, 7) is 1.94. The van der Waals surface area contributed by atoms with Crippen LogP contribution in [0.4, 0.5) is 11.8 Å². The van der Waals surface area contributed by atoms with Crippen LogP contribution in [-0.2, 0) is 6.54 Å². The van der Waals surface area contributed by atoms with E-state index in [1.807, 2.05) is 0 Å². The Morgan fingerprint density at radius 1 is 1.56 bits per heavy atom. The molecule has 0 saturated heterocycles. The maximum Gasteiger partial charge on any atom is 0.236 e. The van der Waals surface area contributed by atoms with Crippen LogP contribution in [0.2, 0.25) is 0 Å². The van der Waals surface area contributed by atoms with Crippen LogP contribution in [0, 0.1) is 5.21 Å². The SMILES string of the molecule is CC(CO)(CO)Nc1ncc2c(n1)[NH+]([O-])CNC2. The van der Waals surface area contributed by atoms with Crippen molar-refractivity contribution >= 4 is 11.8 Å². The Morgan fingerprint density at radius 2 is 2.28 bits per heavy atom. The molecule has 1 aliphatic heterocycles. The summed E-state index contributed by atoms with van der Waals surface area (Å²) in [6, 6.07) is 0. The number of hydrogen-bond acceptors (Lipinski definition) is 7. The zero-order valence-electron chi connectivity index (χ0n) is 10.1. The molecule has 0 aliphatic carbocycles. The number of aliphatic hydroxyl groups excluding tert-OH is 2. The summed E-state index contributed by atoms with van der Waals surface area (Å²) in [5.41, 5.74) is -0.156. The van der Waals surface area contributed by atoms with Gasteiger partial charge in [-0.1, -0.05) is 0 Å². The van der Waals surface area contributed by atoms with E-state index in [0.717, 1.165) is 5.56 Å². The second kappa shape index (κ2) is 5.12. The van der Waals surface area contributed by atoms with E-state index in [1.54, 1.807) is 13.1 Å². The summed E-state index contributed by atoms with van der Waals surface area (Å²) in [6.07, 6.45) is 1.57. The number of quaternary nitrogens is 1. The van der Waals surface area contributed by atoms with Gasteiger partial charge in [-0.3, -0.25) is 5.32 Å². The number of rotatable bonds is 4. The number of aromatic nitrogens is 2. The third-order valence-electron chi connectivity index (χ3n) is 2.84. The van der Waals surface area contributed by atoms with Crippen molar-refractivity contribution in [3.05, 3.63) is 17.0 Å². The van der Waals surface area contributed by atoms with Crippen LogP contribution in [0.5, 0.6) is 0 Å². The molecule has 1 aliphatic rings. The van der Waals surface area contributed by atoms with Crippen LogP contribution in [0.3, 0.4) is 0 Å². The molecule has 18 heavy (non-hydrogen) atoms. The quantitative estimate of drug-likeness (QED) is 0.384. The van der Waals surface area contributed by atoms with Gasteiger partial charge in [0.2, 0.25) is 11.8 Å². The number of hydrogen-bond donors (Lipinski definition) is 5. The zero-order chi connectivity index (χ0) is 13.2. The van der Waals surface area contributed by atoms with Gasteiger partial charge in [-0.05, 0) is 6.92 Å². The molecule has 0 amide bonds. The highest BCUT2D eigenvalue weighted by molar-refractivity contribution is 5.39. The largest absolute Gasteiger partial charge is 0.627 e. The van der Waals surface area contributed by atoms with E-state index < -0.39 is 5.54 Å². The molecule has 100 valence electrons. The maximum atomic E-state index is 11.7. The minimum Gasteiger partial charge on any atom is -0.627 e. The first kappa shape index (κ1) is 13.1. The van der Waals surface area contributed by atoms with Crippen LogP contribution >= 0.6 is 0 Å². The average molecular weight is 255 g/mol. The highest BCUT2D eigenvalue weighted by atomic mass is 16.5. The van der Waals surface area contributed by atoms with Crippen LogP contribution in [-0.4, -0.2) is 45.6 Å². The van der Waals surface area contributed by atoms with Gasteiger partial charge in [0, 0.05) is 12.7 Å². The Kier molecular flexibility index (Phi) is 3.73. The van der Waals surface area contributed by atoms with Gasteiger partial charge in [-0.2, -0.15) is 4.98 Å². The molecule has 1 aromatic rings. The van der Waals surface area contributed by atoms with Crippen LogP contribution in [0.15, 0.2) is 6.20 Å². The Labute approximate surface area is 104 Å². The van der Waals surface area contributed by atoms with E-state index in [1.165, 1.54) is 0 Å². The number of nitrogens with one attached hydrogen (secondary N) is 3. The second-order valence-electron chi connectivity index (χ2n) is 4.60. The Bertz CT molecular complexity index is 424. The molecule has 1 aromatic heterocycles. The van der Waals surface area contributed by atoms with Gasteiger partial charge in [0.1, 0.15) is 6.67 Å². The molecule has 0 saturated carbocycles. The molecule has 0 aromatic carbocycles. The Balaban J connectivity index is 2.23. The molecule has 1 unspecified atom stereocenters. The van der Waals surface area contributed by atoms with Crippen molar-refractivity contribution in [2.45, 2.75) is 19.0 Å². The molecular weight excluding hydrogens is 238 g/mol. The molecule has 0 bridgehead atoms. The van der Waals surface area contributed by atoms with E-state index in [0.29, 0.717) is 12.4 Å². The molecule has 2 heterocycles. The third-order valence-corrected chi connectivity index (χ3v) is 2.84. The second-order valence-corrected chi connectivity index (χ2v) is 4.60. The third kappa shape index (κ3) is 2.57. The number of anilines is 1. The Morgan fingerprint density at radius 3 is 2.94 bits per heavy atom. The summed E-state index contributed by atoms with van der Waals surface area (Å²) in [7, 11) is 0. The van der Waals surface area contributed by atoms with E-state index in [2.05, 4.69) is 20.6 Å². The van der Waals surface area contributed by atoms with Crippen molar-refractivity contribution in [3.63, 3.8) is 0 Å². The van der Waals surface area contributed by atoms with Gasteiger partial charge in [0.15, 0.2) is 0 Å². The predicted octanol–water partition coefficient (Wildman–Crippen LogP) is -2.29. The molecule has 8 heteroatoms. The van der Waals surface area contributed by atoms with E-state index in [-0.39, 0.29) is 30.9 Å². The number of fused-ring (bicyclic) bond motifs is 1. The van der Waals surface area contributed by atoms with Crippen molar-refractivity contribution in [2.75, 3.05) is 25.2 Å². The van der Waals surface area contributed by atoms with Gasteiger partial charge >= 0.3 is 0 Å². The minimum absolute atomic E-state index is 0.0867.